The number of benzene rings is 2. The molecule has 1 aliphatic heterocycles. The van der Waals surface area contributed by atoms with Crippen molar-refractivity contribution in [3.05, 3.63) is 52.5 Å². The first-order valence-corrected chi connectivity index (χ1v) is 8.01. The number of nitrogens with one attached hydrogen (secondary N) is 2. The first-order valence-electron chi connectivity index (χ1n) is 7.63. The van der Waals surface area contributed by atoms with Crippen molar-refractivity contribution in [2.24, 2.45) is 0 Å². The Bertz CT molecular complexity index is 805. The highest BCUT2D eigenvalue weighted by molar-refractivity contribution is 6.31. The van der Waals surface area contributed by atoms with Crippen LogP contribution in [0.15, 0.2) is 36.4 Å². The van der Waals surface area contributed by atoms with E-state index in [4.69, 9.17) is 16.3 Å². The molecule has 0 aromatic heterocycles. The van der Waals surface area contributed by atoms with Gasteiger partial charge in [-0.25, -0.2) is 0 Å². The first kappa shape index (κ1) is 16.3. The third-order valence-electron chi connectivity index (χ3n) is 3.88. The van der Waals surface area contributed by atoms with E-state index >= 15 is 0 Å². The van der Waals surface area contributed by atoms with Crippen molar-refractivity contribution >= 4 is 34.8 Å². The van der Waals surface area contributed by atoms with Crippen LogP contribution in [0.2, 0.25) is 5.02 Å². The molecule has 0 fully saturated rings. The second-order valence-electron chi connectivity index (χ2n) is 5.62. The van der Waals surface area contributed by atoms with Gasteiger partial charge in [-0.15, -0.1) is 0 Å². The molecule has 0 saturated heterocycles. The second kappa shape index (κ2) is 6.93. The van der Waals surface area contributed by atoms with Crippen LogP contribution in [0.25, 0.3) is 0 Å². The van der Waals surface area contributed by atoms with Gasteiger partial charge in [0.2, 0.25) is 5.91 Å². The number of hydrogen-bond donors (Lipinski definition) is 2. The van der Waals surface area contributed by atoms with E-state index < -0.39 is 0 Å². The van der Waals surface area contributed by atoms with E-state index in [1.54, 1.807) is 30.3 Å². The van der Waals surface area contributed by atoms with Gasteiger partial charge < -0.3 is 15.4 Å². The van der Waals surface area contributed by atoms with E-state index in [0.29, 0.717) is 29.3 Å². The summed E-state index contributed by atoms with van der Waals surface area (Å²) in [5, 5.41) is 6.20. The highest BCUT2D eigenvalue weighted by Crippen LogP contribution is 2.27. The summed E-state index contributed by atoms with van der Waals surface area (Å²) in [4.78, 5) is 23.4. The Balaban J connectivity index is 1.60. The van der Waals surface area contributed by atoms with Crippen LogP contribution in [0.5, 0.6) is 5.75 Å². The highest BCUT2D eigenvalue weighted by Gasteiger charge is 2.15. The SMILES string of the molecule is Cc1c(Cl)cccc1NC(=O)COc1ccc2c(c1)CCC(=O)N2. The van der Waals surface area contributed by atoms with Crippen LogP contribution in [-0.4, -0.2) is 18.4 Å². The van der Waals surface area contributed by atoms with Gasteiger partial charge in [0, 0.05) is 22.8 Å². The van der Waals surface area contributed by atoms with E-state index in [9.17, 15) is 9.59 Å². The van der Waals surface area contributed by atoms with Crippen molar-refractivity contribution in [3.8, 4) is 5.75 Å². The maximum absolute atomic E-state index is 12.0. The highest BCUT2D eigenvalue weighted by atomic mass is 35.5. The summed E-state index contributed by atoms with van der Waals surface area (Å²) in [6.45, 7) is 1.74. The number of hydrogen-bond acceptors (Lipinski definition) is 3. The fourth-order valence-electron chi connectivity index (χ4n) is 2.53. The quantitative estimate of drug-likeness (QED) is 0.891. The number of carbonyl (C=O) groups excluding carboxylic acids is 2. The number of ether oxygens (including phenoxy) is 1. The molecule has 2 amide bonds. The molecular weight excluding hydrogens is 328 g/mol. The fraction of sp³-hybridized carbons (Fsp3) is 0.222. The third-order valence-corrected chi connectivity index (χ3v) is 4.29. The molecule has 2 aromatic rings. The normalized spacial score (nSPS) is 13.0. The topological polar surface area (TPSA) is 67.4 Å². The van der Waals surface area contributed by atoms with Crippen molar-refractivity contribution < 1.29 is 14.3 Å². The summed E-state index contributed by atoms with van der Waals surface area (Å²) >= 11 is 6.04. The lowest BCUT2D eigenvalue weighted by Gasteiger charge is -2.17. The standard InChI is InChI=1S/C18H17ClN2O3/c1-11-14(19)3-2-4-15(11)20-18(23)10-24-13-6-7-16-12(9-13)5-8-17(22)21-16/h2-4,6-7,9H,5,8,10H2,1H3,(H,20,23)(H,21,22). The lowest BCUT2D eigenvalue weighted by atomic mass is 10.0. The Morgan fingerprint density at radius 1 is 1.29 bits per heavy atom. The van der Waals surface area contributed by atoms with E-state index in [1.165, 1.54) is 0 Å². The van der Waals surface area contributed by atoms with Crippen molar-refractivity contribution in [2.45, 2.75) is 19.8 Å². The maximum atomic E-state index is 12.0. The van der Waals surface area contributed by atoms with Crippen LogP contribution >= 0.6 is 11.6 Å². The number of carbonyl (C=O) groups is 2. The molecule has 0 unspecified atom stereocenters. The minimum atomic E-state index is -0.258. The Hall–Kier alpha value is -2.53. The number of aryl methyl sites for hydroxylation is 1. The molecule has 1 heterocycles. The number of rotatable bonds is 4. The van der Waals surface area contributed by atoms with Crippen LogP contribution in [-0.2, 0) is 16.0 Å². The second-order valence-corrected chi connectivity index (χ2v) is 6.02. The first-order chi connectivity index (χ1) is 11.5. The van der Waals surface area contributed by atoms with E-state index in [-0.39, 0.29) is 18.4 Å². The summed E-state index contributed by atoms with van der Waals surface area (Å²) in [5.41, 5.74) is 3.30. The Labute approximate surface area is 145 Å². The van der Waals surface area contributed by atoms with E-state index in [0.717, 1.165) is 16.8 Å². The van der Waals surface area contributed by atoms with Crippen LogP contribution < -0.4 is 15.4 Å². The summed E-state index contributed by atoms with van der Waals surface area (Å²) in [5.74, 6) is 0.363. The van der Waals surface area contributed by atoms with Crippen molar-refractivity contribution in [1.29, 1.82) is 0 Å². The molecule has 124 valence electrons. The zero-order valence-electron chi connectivity index (χ0n) is 13.2. The number of fused-ring (bicyclic) bond motifs is 1. The molecule has 6 heteroatoms. The molecule has 24 heavy (non-hydrogen) atoms. The van der Waals surface area contributed by atoms with Gasteiger partial charge in [-0.2, -0.15) is 0 Å². The third kappa shape index (κ3) is 3.68. The molecule has 0 saturated carbocycles. The van der Waals surface area contributed by atoms with E-state index in [2.05, 4.69) is 10.6 Å². The molecule has 0 bridgehead atoms. The Morgan fingerprint density at radius 2 is 2.12 bits per heavy atom. The lowest BCUT2D eigenvalue weighted by Crippen LogP contribution is -2.21. The lowest BCUT2D eigenvalue weighted by molar-refractivity contribution is -0.118. The number of anilines is 2. The van der Waals surface area contributed by atoms with Gasteiger partial charge >= 0.3 is 0 Å². The van der Waals surface area contributed by atoms with Gasteiger partial charge in [0.1, 0.15) is 5.75 Å². The van der Waals surface area contributed by atoms with Gasteiger partial charge in [0.25, 0.3) is 5.91 Å². The molecule has 2 N–H and O–H groups in total. The maximum Gasteiger partial charge on any atom is 0.262 e. The van der Waals surface area contributed by atoms with Gasteiger partial charge in [0.15, 0.2) is 6.61 Å². The van der Waals surface area contributed by atoms with Crippen LogP contribution in [0, 0.1) is 6.92 Å². The zero-order chi connectivity index (χ0) is 17.1. The molecular formula is C18H17ClN2O3. The molecule has 3 rings (SSSR count). The minimum absolute atomic E-state index is 0.0208. The number of halogens is 1. The number of amides is 2. The molecule has 1 aliphatic rings. The monoisotopic (exact) mass is 344 g/mol. The van der Waals surface area contributed by atoms with Gasteiger partial charge in [-0.3, -0.25) is 9.59 Å². The molecule has 0 spiro atoms. The molecule has 5 nitrogen and oxygen atoms in total. The average molecular weight is 345 g/mol. The summed E-state index contributed by atoms with van der Waals surface area (Å²) in [6.07, 6.45) is 1.14. The van der Waals surface area contributed by atoms with Crippen LogP contribution in [0.1, 0.15) is 17.5 Å². The Morgan fingerprint density at radius 3 is 2.96 bits per heavy atom. The minimum Gasteiger partial charge on any atom is -0.484 e. The van der Waals surface area contributed by atoms with Crippen molar-refractivity contribution in [3.63, 3.8) is 0 Å². The predicted molar refractivity (Wildman–Crippen MR) is 93.7 cm³/mol. The smallest absolute Gasteiger partial charge is 0.262 e. The molecule has 0 atom stereocenters. The summed E-state index contributed by atoms with van der Waals surface area (Å²) in [6, 6.07) is 10.7. The average Bonchev–Trinajstić information content (AvgIpc) is 2.57. The van der Waals surface area contributed by atoms with E-state index in [1.807, 2.05) is 13.0 Å². The van der Waals surface area contributed by atoms with Gasteiger partial charge in [-0.1, -0.05) is 17.7 Å². The molecule has 0 aliphatic carbocycles. The summed E-state index contributed by atoms with van der Waals surface area (Å²) in [7, 11) is 0. The molecule has 2 aromatic carbocycles. The van der Waals surface area contributed by atoms with Crippen molar-refractivity contribution in [2.75, 3.05) is 17.2 Å². The predicted octanol–water partition coefficient (Wildman–Crippen LogP) is 3.55. The largest absolute Gasteiger partial charge is 0.484 e. The Kier molecular flexibility index (Phi) is 4.71. The zero-order valence-corrected chi connectivity index (χ0v) is 13.9. The molecule has 0 radical (unpaired) electrons. The van der Waals surface area contributed by atoms with Crippen LogP contribution in [0.3, 0.4) is 0 Å². The fourth-order valence-corrected chi connectivity index (χ4v) is 2.70. The van der Waals surface area contributed by atoms with Crippen LogP contribution in [0.4, 0.5) is 11.4 Å². The van der Waals surface area contributed by atoms with Gasteiger partial charge in [0.05, 0.1) is 0 Å². The van der Waals surface area contributed by atoms with Crippen molar-refractivity contribution in [1.82, 2.24) is 0 Å². The summed E-state index contributed by atoms with van der Waals surface area (Å²) < 4.78 is 5.55. The van der Waals surface area contributed by atoms with Gasteiger partial charge in [-0.05, 0) is 54.8 Å².